The minimum Gasteiger partial charge on any atom is -0.349 e. The highest BCUT2D eigenvalue weighted by Gasteiger charge is 2.33. The van der Waals surface area contributed by atoms with Gasteiger partial charge in [0.1, 0.15) is 0 Å². The van der Waals surface area contributed by atoms with Crippen LogP contribution >= 0.6 is 23.4 Å². The monoisotopic (exact) mass is 345 g/mol. The van der Waals surface area contributed by atoms with Crippen molar-refractivity contribution in [2.24, 2.45) is 5.92 Å². The highest BCUT2D eigenvalue weighted by atomic mass is 35.5. The van der Waals surface area contributed by atoms with E-state index in [0.29, 0.717) is 12.3 Å². The van der Waals surface area contributed by atoms with Gasteiger partial charge < -0.3 is 5.32 Å². The van der Waals surface area contributed by atoms with Crippen molar-refractivity contribution in [3.8, 4) is 0 Å². The number of hydrogen-bond donors (Lipinski definition) is 1. The number of thioether (sulfide) groups is 1. The summed E-state index contributed by atoms with van der Waals surface area (Å²) in [6.07, 6.45) is 2.91. The van der Waals surface area contributed by atoms with Crippen LogP contribution in [0.1, 0.15) is 30.9 Å². The smallest absolute Gasteiger partial charge is 0.221 e. The van der Waals surface area contributed by atoms with Gasteiger partial charge in [0.05, 0.1) is 6.04 Å². The van der Waals surface area contributed by atoms with E-state index in [1.807, 2.05) is 42.5 Å². The number of rotatable bonds is 7. The van der Waals surface area contributed by atoms with Crippen LogP contribution in [0.2, 0.25) is 5.02 Å². The van der Waals surface area contributed by atoms with Crippen LogP contribution in [-0.4, -0.2) is 11.7 Å². The summed E-state index contributed by atoms with van der Waals surface area (Å²) in [5.41, 5.74) is 1.15. The topological polar surface area (TPSA) is 29.1 Å². The average Bonchev–Trinajstić information content (AvgIpc) is 3.39. The second-order valence-electron chi connectivity index (χ2n) is 5.85. The molecular formula is C19H20ClNOS. The van der Waals surface area contributed by atoms with E-state index in [4.69, 9.17) is 11.6 Å². The molecule has 3 rings (SSSR count). The maximum Gasteiger partial charge on any atom is 0.221 e. The van der Waals surface area contributed by atoms with Crippen molar-refractivity contribution in [1.82, 2.24) is 5.32 Å². The SMILES string of the molecule is O=C(CCSc1ccccc1)NC(c1ccc(Cl)cc1)C1CC1. The van der Waals surface area contributed by atoms with Gasteiger partial charge in [0.2, 0.25) is 5.91 Å². The fourth-order valence-corrected chi connectivity index (χ4v) is 3.60. The van der Waals surface area contributed by atoms with E-state index in [-0.39, 0.29) is 11.9 Å². The molecule has 2 nitrogen and oxygen atoms in total. The Labute approximate surface area is 146 Å². The third-order valence-electron chi connectivity index (χ3n) is 3.98. The number of carbonyl (C=O) groups is 1. The summed E-state index contributed by atoms with van der Waals surface area (Å²) >= 11 is 7.67. The zero-order valence-corrected chi connectivity index (χ0v) is 14.4. The molecule has 1 aliphatic rings. The summed E-state index contributed by atoms with van der Waals surface area (Å²) in [5, 5.41) is 3.94. The third kappa shape index (κ3) is 5.02. The Morgan fingerprint density at radius 1 is 1.13 bits per heavy atom. The van der Waals surface area contributed by atoms with E-state index >= 15 is 0 Å². The molecule has 2 aromatic carbocycles. The van der Waals surface area contributed by atoms with Crippen molar-refractivity contribution < 1.29 is 4.79 Å². The molecule has 0 aliphatic heterocycles. The van der Waals surface area contributed by atoms with Gasteiger partial charge in [-0.25, -0.2) is 0 Å². The molecule has 0 saturated heterocycles. The molecule has 0 heterocycles. The van der Waals surface area contributed by atoms with E-state index in [9.17, 15) is 4.79 Å². The molecule has 1 amide bonds. The summed E-state index contributed by atoms with van der Waals surface area (Å²) in [7, 11) is 0. The highest BCUT2D eigenvalue weighted by molar-refractivity contribution is 7.99. The Morgan fingerprint density at radius 2 is 1.83 bits per heavy atom. The van der Waals surface area contributed by atoms with Crippen molar-refractivity contribution in [3.63, 3.8) is 0 Å². The van der Waals surface area contributed by atoms with E-state index in [1.165, 1.54) is 17.7 Å². The van der Waals surface area contributed by atoms with Crippen LogP contribution in [0.15, 0.2) is 59.5 Å². The van der Waals surface area contributed by atoms with Gasteiger partial charge >= 0.3 is 0 Å². The molecule has 1 N–H and O–H groups in total. The van der Waals surface area contributed by atoms with Gasteiger partial charge in [-0.1, -0.05) is 41.9 Å². The van der Waals surface area contributed by atoms with Crippen LogP contribution in [-0.2, 0) is 4.79 Å². The number of halogens is 1. The Morgan fingerprint density at radius 3 is 2.48 bits per heavy atom. The van der Waals surface area contributed by atoms with E-state index in [1.54, 1.807) is 11.8 Å². The van der Waals surface area contributed by atoms with Crippen molar-refractivity contribution >= 4 is 29.3 Å². The molecule has 23 heavy (non-hydrogen) atoms. The predicted octanol–water partition coefficient (Wildman–Crippen LogP) is 5.09. The van der Waals surface area contributed by atoms with E-state index in [2.05, 4.69) is 17.4 Å². The van der Waals surface area contributed by atoms with Crippen LogP contribution in [0.4, 0.5) is 0 Å². The minimum absolute atomic E-state index is 0.125. The zero-order chi connectivity index (χ0) is 16.1. The first-order valence-electron chi connectivity index (χ1n) is 7.95. The minimum atomic E-state index is 0.125. The highest BCUT2D eigenvalue weighted by Crippen LogP contribution is 2.41. The molecular weight excluding hydrogens is 326 g/mol. The Bertz CT molecular complexity index is 640. The van der Waals surface area contributed by atoms with Crippen LogP contribution in [0.3, 0.4) is 0 Å². The lowest BCUT2D eigenvalue weighted by Gasteiger charge is -2.19. The molecule has 1 aliphatic carbocycles. The molecule has 2 aromatic rings. The van der Waals surface area contributed by atoms with Crippen molar-refractivity contribution in [2.75, 3.05) is 5.75 Å². The summed E-state index contributed by atoms with van der Waals surface area (Å²) in [6, 6.07) is 18.1. The molecule has 0 radical (unpaired) electrons. The predicted molar refractivity (Wildman–Crippen MR) is 96.8 cm³/mol. The second-order valence-corrected chi connectivity index (χ2v) is 7.45. The maximum absolute atomic E-state index is 12.3. The first kappa shape index (κ1) is 16.4. The second kappa shape index (κ2) is 7.89. The number of benzene rings is 2. The number of carbonyl (C=O) groups excluding carboxylic acids is 1. The van der Waals surface area contributed by atoms with Gasteiger partial charge in [0.15, 0.2) is 0 Å². The summed E-state index contributed by atoms with van der Waals surface area (Å²) in [6.45, 7) is 0. The molecule has 0 aromatic heterocycles. The fraction of sp³-hybridized carbons (Fsp3) is 0.316. The first-order chi connectivity index (χ1) is 11.2. The molecule has 1 atom stereocenters. The number of nitrogens with one attached hydrogen (secondary N) is 1. The summed E-state index contributed by atoms with van der Waals surface area (Å²) in [5.74, 6) is 1.50. The Balaban J connectivity index is 1.51. The van der Waals surface area contributed by atoms with Crippen LogP contribution in [0, 0.1) is 5.92 Å². The van der Waals surface area contributed by atoms with Crippen molar-refractivity contribution in [2.45, 2.75) is 30.2 Å². The molecule has 1 unspecified atom stereocenters. The van der Waals surface area contributed by atoms with Gasteiger partial charge in [0.25, 0.3) is 0 Å². The largest absolute Gasteiger partial charge is 0.349 e. The van der Waals surface area contributed by atoms with Crippen LogP contribution < -0.4 is 5.32 Å². The quantitative estimate of drug-likeness (QED) is 0.708. The van der Waals surface area contributed by atoms with Crippen LogP contribution in [0.5, 0.6) is 0 Å². The molecule has 0 bridgehead atoms. The van der Waals surface area contributed by atoms with Gasteiger partial charge in [-0.2, -0.15) is 0 Å². The Hall–Kier alpha value is -1.45. The zero-order valence-electron chi connectivity index (χ0n) is 12.9. The normalized spacial score (nSPS) is 15.2. The summed E-state index contributed by atoms with van der Waals surface area (Å²) < 4.78 is 0. The fourth-order valence-electron chi connectivity index (χ4n) is 2.60. The van der Waals surface area contributed by atoms with Crippen molar-refractivity contribution in [1.29, 1.82) is 0 Å². The van der Waals surface area contributed by atoms with E-state index in [0.717, 1.165) is 16.3 Å². The number of amides is 1. The van der Waals surface area contributed by atoms with Crippen molar-refractivity contribution in [3.05, 3.63) is 65.2 Å². The summed E-state index contributed by atoms with van der Waals surface area (Å²) in [4.78, 5) is 13.5. The molecule has 120 valence electrons. The molecule has 1 saturated carbocycles. The lowest BCUT2D eigenvalue weighted by atomic mass is 10.0. The molecule has 1 fully saturated rings. The average molecular weight is 346 g/mol. The third-order valence-corrected chi connectivity index (χ3v) is 5.25. The molecule has 0 spiro atoms. The standard InChI is InChI=1S/C19H20ClNOS/c20-16-10-8-15(9-11-16)19(14-6-7-14)21-18(22)12-13-23-17-4-2-1-3-5-17/h1-5,8-11,14,19H,6-7,12-13H2,(H,21,22). The number of hydrogen-bond acceptors (Lipinski definition) is 2. The van der Waals surface area contributed by atoms with E-state index < -0.39 is 0 Å². The first-order valence-corrected chi connectivity index (χ1v) is 9.31. The van der Waals surface area contributed by atoms with Gasteiger partial charge in [-0.3, -0.25) is 4.79 Å². The van der Waals surface area contributed by atoms with Crippen LogP contribution in [0.25, 0.3) is 0 Å². The lowest BCUT2D eigenvalue weighted by Crippen LogP contribution is -2.30. The molecule has 4 heteroatoms. The van der Waals surface area contributed by atoms with Gasteiger partial charge in [-0.15, -0.1) is 11.8 Å². The van der Waals surface area contributed by atoms with Gasteiger partial charge in [-0.05, 0) is 48.6 Å². The maximum atomic E-state index is 12.3. The lowest BCUT2D eigenvalue weighted by molar-refractivity contribution is -0.121. The van der Waals surface area contributed by atoms with Gasteiger partial charge in [0, 0.05) is 22.1 Å². The Kier molecular flexibility index (Phi) is 5.63.